The van der Waals surface area contributed by atoms with Gasteiger partial charge in [-0.25, -0.2) is 14.8 Å². The molecule has 13 heteroatoms. The van der Waals surface area contributed by atoms with Gasteiger partial charge in [-0.2, -0.15) is 5.26 Å². The van der Waals surface area contributed by atoms with Gasteiger partial charge in [0.2, 0.25) is 5.91 Å². The third-order valence-electron chi connectivity index (χ3n) is 6.98. The Morgan fingerprint density at radius 3 is 2.95 bits per heavy atom. The van der Waals surface area contributed by atoms with Crippen LogP contribution in [0.2, 0.25) is 0 Å². The molecule has 2 atom stereocenters. The van der Waals surface area contributed by atoms with E-state index in [9.17, 15) is 19.6 Å². The summed E-state index contributed by atoms with van der Waals surface area (Å²) in [5.74, 6) is 0.750. The molecular weight excluding hydrogens is 506 g/mol. The highest BCUT2D eigenvalue weighted by Crippen LogP contribution is 2.29. The van der Waals surface area contributed by atoms with E-state index < -0.39 is 6.03 Å². The van der Waals surface area contributed by atoms with Crippen molar-refractivity contribution in [2.45, 2.75) is 31.6 Å². The van der Waals surface area contributed by atoms with Crippen molar-refractivity contribution in [3.63, 3.8) is 0 Å². The van der Waals surface area contributed by atoms with E-state index in [-0.39, 0.29) is 48.3 Å². The summed E-state index contributed by atoms with van der Waals surface area (Å²) in [6, 6.07) is 4.95. The number of hydrogen-bond acceptors (Lipinski definition) is 10. The van der Waals surface area contributed by atoms with Gasteiger partial charge in [0.15, 0.2) is 6.29 Å². The summed E-state index contributed by atoms with van der Waals surface area (Å²) in [6.45, 7) is 2.74. The maximum Gasteiger partial charge on any atom is 0.328 e. The molecule has 39 heavy (non-hydrogen) atoms. The number of anilines is 2. The van der Waals surface area contributed by atoms with Gasteiger partial charge in [0.05, 0.1) is 12.8 Å². The monoisotopic (exact) mass is 535 g/mol. The highest BCUT2D eigenvalue weighted by Gasteiger charge is 2.30. The molecule has 0 spiro atoms. The number of rotatable bonds is 7. The van der Waals surface area contributed by atoms with Crippen LogP contribution in [-0.2, 0) is 27.2 Å². The number of nitrogens with zero attached hydrogens (tertiary/aromatic N) is 5. The molecule has 204 valence electrons. The minimum Gasteiger partial charge on any atom is -0.485 e. The fourth-order valence-corrected chi connectivity index (χ4v) is 4.92. The van der Waals surface area contributed by atoms with Crippen LogP contribution in [0.4, 0.5) is 16.4 Å². The van der Waals surface area contributed by atoms with E-state index in [0.717, 1.165) is 5.56 Å². The standard InChI is InChI=1S/C26H29N7O6/c1-37-21-11-28-12-22(21)39-20-8-23(29-10-18(20)9-27)31-26(36)33-4-2-3-16-7-17(19(14-34)30-25(16)33)13-32-5-6-38-15-24(32)35/h7-8,10,14,21-22,28H,2-6,11-13,15H2,1H3,(H,29,31,36). The van der Waals surface area contributed by atoms with Crippen molar-refractivity contribution in [3.8, 4) is 11.8 Å². The number of urea groups is 1. The number of morpholine rings is 1. The fourth-order valence-electron chi connectivity index (χ4n) is 4.92. The van der Waals surface area contributed by atoms with E-state index in [1.54, 1.807) is 12.0 Å². The summed E-state index contributed by atoms with van der Waals surface area (Å²) in [4.78, 5) is 49.3. The molecule has 2 aromatic heterocycles. The number of carbonyl (C=O) groups is 3. The molecule has 0 aliphatic carbocycles. The molecule has 13 nitrogen and oxygen atoms in total. The van der Waals surface area contributed by atoms with Crippen LogP contribution in [0, 0.1) is 11.3 Å². The maximum absolute atomic E-state index is 13.3. The number of nitriles is 1. The van der Waals surface area contributed by atoms with Crippen molar-refractivity contribution < 1.29 is 28.6 Å². The molecule has 3 aliphatic heterocycles. The molecular formula is C26H29N7O6. The van der Waals surface area contributed by atoms with Crippen molar-refractivity contribution in [2.24, 2.45) is 0 Å². The Bertz CT molecular complexity index is 1310. The lowest BCUT2D eigenvalue weighted by Gasteiger charge is -2.30. The smallest absolute Gasteiger partial charge is 0.328 e. The fraction of sp³-hybridized carbons (Fsp3) is 0.462. The zero-order valence-corrected chi connectivity index (χ0v) is 21.5. The van der Waals surface area contributed by atoms with Crippen molar-refractivity contribution in [2.75, 3.05) is 56.7 Å². The molecule has 3 aliphatic rings. The largest absolute Gasteiger partial charge is 0.485 e. The van der Waals surface area contributed by atoms with Crippen molar-refractivity contribution in [3.05, 3.63) is 40.7 Å². The third-order valence-corrected chi connectivity index (χ3v) is 6.98. The normalized spacial score (nSPS) is 20.8. The number of fused-ring (bicyclic) bond motifs is 1. The molecule has 0 aromatic carbocycles. The Kier molecular flexibility index (Phi) is 7.97. The summed E-state index contributed by atoms with van der Waals surface area (Å²) < 4.78 is 16.7. The van der Waals surface area contributed by atoms with Crippen molar-refractivity contribution in [1.82, 2.24) is 20.2 Å². The lowest BCUT2D eigenvalue weighted by atomic mass is 10.0. The van der Waals surface area contributed by atoms with Gasteiger partial charge in [-0.1, -0.05) is 0 Å². The van der Waals surface area contributed by atoms with E-state index >= 15 is 0 Å². The zero-order chi connectivity index (χ0) is 27.4. The predicted molar refractivity (Wildman–Crippen MR) is 138 cm³/mol. The van der Waals surface area contributed by atoms with Crippen LogP contribution in [0.1, 0.15) is 33.6 Å². The van der Waals surface area contributed by atoms with Crippen LogP contribution in [0.25, 0.3) is 0 Å². The molecule has 2 unspecified atom stereocenters. The Hall–Kier alpha value is -4.12. The van der Waals surface area contributed by atoms with Crippen LogP contribution in [0.3, 0.4) is 0 Å². The van der Waals surface area contributed by atoms with Gasteiger partial charge < -0.3 is 24.4 Å². The third kappa shape index (κ3) is 5.68. The van der Waals surface area contributed by atoms with Gasteiger partial charge in [-0.05, 0) is 24.5 Å². The lowest BCUT2D eigenvalue weighted by Crippen LogP contribution is -2.42. The van der Waals surface area contributed by atoms with Gasteiger partial charge in [0, 0.05) is 51.5 Å². The summed E-state index contributed by atoms with van der Waals surface area (Å²) in [5, 5.41) is 15.5. The van der Waals surface area contributed by atoms with Crippen LogP contribution in [-0.4, -0.2) is 91.8 Å². The molecule has 0 saturated carbocycles. The Labute approximate surface area is 225 Å². The van der Waals surface area contributed by atoms with Gasteiger partial charge in [-0.15, -0.1) is 0 Å². The number of pyridine rings is 2. The summed E-state index contributed by atoms with van der Waals surface area (Å²) in [6.07, 6.45) is 2.90. The van der Waals surface area contributed by atoms with Gasteiger partial charge in [0.1, 0.15) is 53.5 Å². The molecule has 2 N–H and O–H groups in total. The first kappa shape index (κ1) is 26.5. The number of hydrogen-bond donors (Lipinski definition) is 2. The quantitative estimate of drug-likeness (QED) is 0.487. The second-order valence-corrected chi connectivity index (χ2v) is 9.45. The van der Waals surface area contributed by atoms with Crippen LogP contribution in [0.5, 0.6) is 5.75 Å². The molecule has 5 rings (SSSR count). The first-order chi connectivity index (χ1) is 19.0. The van der Waals surface area contributed by atoms with Crippen molar-refractivity contribution >= 4 is 29.9 Å². The number of carbonyl (C=O) groups excluding carboxylic acids is 3. The van der Waals surface area contributed by atoms with Gasteiger partial charge >= 0.3 is 6.03 Å². The van der Waals surface area contributed by atoms with Crippen LogP contribution >= 0.6 is 0 Å². The number of nitrogens with one attached hydrogen (secondary N) is 2. The summed E-state index contributed by atoms with van der Waals surface area (Å²) in [5.41, 5.74) is 1.86. The van der Waals surface area contributed by atoms with Gasteiger partial charge in [-0.3, -0.25) is 19.8 Å². The van der Waals surface area contributed by atoms with Crippen LogP contribution in [0.15, 0.2) is 18.3 Å². The second-order valence-electron chi connectivity index (χ2n) is 9.45. The highest BCUT2D eigenvalue weighted by atomic mass is 16.5. The Morgan fingerprint density at radius 1 is 1.33 bits per heavy atom. The molecule has 2 fully saturated rings. The minimum absolute atomic E-state index is 0.0172. The summed E-state index contributed by atoms with van der Waals surface area (Å²) >= 11 is 0. The topological polar surface area (TPSA) is 159 Å². The number of amides is 3. The highest BCUT2D eigenvalue weighted by molar-refractivity contribution is 6.01. The minimum atomic E-state index is -0.475. The average Bonchev–Trinajstić information content (AvgIpc) is 3.40. The van der Waals surface area contributed by atoms with E-state index in [1.165, 1.54) is 17.2 Å². The Balaban J connectivity index is 1.35. The molecule has 0 bridgehead atoms. The number of aldehydes is 1. The average molecular weight is 536 g/mol. The molecule has 2 saturated heterocycles. The van der Waals surface area contributed by atoms with E-state index in [1.807, 2.05) is 6.07 Å². The Morgan fingerprint density at radius 2 is 2.18 bits per heavy atom. The molecule has 2 aromatic rings. The van der Waals surface area contributed by atoms with E-state index in [2.05, 4.69) is 26.7 Å². The van der Waals surface area contributed by atoms with Crippen molar-refractivity contribution in [1.29, 1.82) is 5.26 Å². The molecule has 3 amide bonds. The predicted octanol–water partition coefficient (Wildman–Crippen LogP) is 0.870. The van der Waals surface area contributed by atoms with E-state index in [4.69, 9.17) is 14.2 Å². The lowest BCUT2D eigenvalue weighted by molar-refractivity contribution is -0.143. The number of aryl methyl sites for hydroxylation is 1. The van der Waals surface area contributed by atoms with Crippen LogP contribution < -0.4 is 20.3 Å². The number of aromatic nitrogens is 2. The number of ether oxygens (including phenoxy) is 3. The summed E-state index contributed by atoms with van der Waals surface area (Å²) in [7, 11) is 1.60. The number of methoxy groups -OCH3 is 1. The first-order valence-electron chi connectivity index (χ1n) is 12.7. The SMILES string of the molecule is COC1CNCC1Oc1cc(NC(=O)N2CCCc3cc(CN4CCOCC4=O)c(C=O)nc32)ncc1C#N. The maximum atomic E-state index is 13.3. The molecule has 0 radical (unpaired) electrons. The molecule has 5 heterocycles. The zero-order valence-electron chi connectivity index (χ0n) is 21.5. The van der Waals surface area contributed by atoms with E-state index in [0.29, 0.717) is 69.0 Å². The first-order valence-corrected chi connectivity index (χ1v) is 12.7. The second kappa shape index (κ2) is 11.7. The van der Waals surface area contributed by atoms with Gasteiger partial charge in [0.25, 0.3) is 0 Å².